The van der Waals surface area contributed by atoms with Crippen LogP contribution in [0.15, 0.2) is 59.1 Å². The van der Waals surface area contributed by atoms with Crippen LogP contribution < -0.4 is 9.47 Å². The lowest BCUT2D eigenvalue weighted by atomic mass is 10.1. The third-order valence-corrected chi connectivity index (χ3v) is 5.98. The topological polar surface area (TPSA) is 82.6 Å². The average Bonchev–Trinajstić information content (AvgIpc) is 3.39. The van der Waals surface area contributed by atoms with Gasteiger partial charge in [-0.3, -0.25) is 9.48 Å². The zero-order valence-corrected chi connectivity index (χ0v) is 19.4. The molecule has 0 saturated heterocycles. The summed E-state index contributed by atoms with van der Waals surface area (Å²) in [5.41, 5.74) is 4.78. The number of aryl methyl sites for hydroxylation is 3. The van der Waals surface area contributed by atoms with Crippen molar-refractivity contribution in [1.82, 2.24) is 19.8 Å². The number of nitrogens with zero attached hydrogens (tertiary/aromatic N) is 4. The normalized spacial score (nSPS) is 12.6. The molecule has 0 bridgehead atoms. The summed E-state index contributed by atoms with van der Waals surface area (Å²) in [5.74, 6) is 1.92. The van der Waals surface area contributed by atoms with E-state index in [1.165, 1.54) is 0 Å². The number of hydrogen-bond donors (Lipinski definition) is 0. The lowest BCUT2D eigenvalue weighted by Gasteiger charge is -2.24. The Morgan fingerprint density at radius 2 is 1.76 bits per heavy atom. The van der Waals surface area contributed by atoms with Crippen LogP contribution >= 0.6 is 0 Å². The number of fused-ring (bicyclic) bond motifs is 1. The molecule has 8 heteroatoms. The first kappa shape index (κ1) is 21.8. The summed E-state index contributed by atoms with van der Waals surface area (Å²) < 4.78 is 18.6. The van der Waals surface area contributed by atoms with Gasteiger partial charge in [-0.1, -0.05) is 41.6 Å². The van der Waals surface area contributed by atoms with Crippen molar-refractivity contribution in [3.8, 4) is 22.8 Å². The molecule has 1 aliphatic rings. The number of ether oxygens (including phenoxy) is 2. The molecule has 0 N–H and O–H groups in total. The number of amides is 1. The summed E-state index contributed by atoms with van der Waals surface area (Å²) in [7, 11) is 1.83. The molecule has 34 heavy (non-hydrogen) atoms. The molecule has 0 saturated carbocycles. The predicted molar refractivity (Wildman–Crippen MR) is 126 cm³/mol. The summed E-state index contributed by atoms with van der Waals surface area (Å²) in [4.78, 5) is 15.4. The predicted octanol–water partition coefficient (Wildman–Crippen LogP) is 4.31. The molecule has 4 aromatic rings. The Morgan fingerprint density at radius 1 is 1.00 bits per heavy atom. The summed E-state index contributed by atoms with van der Waals surface area (Å²) in [6.45, 7) is 5.52. The highest BCUT2D eigenvalue weighted by atomic mass is 16.6. The van der Waals surface area contributed by atoms with E-state index in [1.54, 1.807) is 15.6 Å². The zero-order chi connectivity index (χ0) is 23.7. The SMILES string of the molecule is Cc1onc(-c2ccccc2)c1CN(Cc1ccc2c(c1)OCCO2)C(=O)c1cc(C)n(C)n1. The van der Waals surface area contributed by atoms with Crippen LogP contribution in [0.4, 0.5) is 0 Å². The van der Waals surface area contributed by atoms with Gasteiger partial charge in [-0.15, -0.1) is 0 Å². The molecule has 3 heterocycles. The van der Waals surface area contributed by atoms with Gasteiger partial charge in [0, 0.05) is 30.4 Å². The lowest BCUT2D eigenvalue weighted by Crippen LogP contribution is -2.31. The highest BCUT2D eigenvalue weighted by Crippen LogP contribution is 2.32. The standard InChI is InChI=1S/C26H26N4O4/c1-17-13-22(27-29(17)3)26(31)30(15-19-9-10-23-24(14-19)33-12-11-32-23)16-21-18(2)34-28-25(21)20-7-5-4-6-8-20/h4-10,13-14H,11-12,15-16H2,1-3H3. The van der Waals surface area contributed by atoms with Crippen LogP contribution in [0.3, 0.4) is 0 Å². The zero-order valence-electron chi connectivity index (χ0n) is 19.4. The summed E-state index contributed by atoms with van der Waals surface area (Å²) in [5, 5.41) is 8.70. The molecule has 1 amide bonds. The Labute approximate surface area is 197 Å². The summed E-state index contributed by atoms with van der Waals surface area (Å²) >= 11 is 0. The number of aromatic nitrogens is 3. The van der Waals surface area contributed by atoms with Gasteiger partial charge in [-0.05, 0) is 37.6 Å². The molecule has 0 atom stereocenters. The molecule has 0 unspecified atom stereocenters. The third-order valence-electron chi connectivity index (χ3n) is 5.98. The van der Waals surface area contributed by atoms with E-state index >= 15 is 0 Å². The van der Waals surface area contributed by atoms with Crippen LogP contribution in [0.5, 0.6) is 11.5 Å². The van der Waals surface area contributed by atoms with Crippen LogP contribution in [0, 0.1) is 13.8 Å². The summed E-state index contributed by atoms with van der Waals surface area (Å²) in [6.07, 6.45) is 0. The molecule has 0 aliphatic carbocycles. The second kappa shape index (κ2) is 9.05. The molecular weight excluding hydrogens is 432 g/mol. The van der Waals surface area contributed by atoms with Crippen LogP contribution in [0.25, 0.3) is 11.3 Å². The molecule has 0 spiro atoms. The van der Waals surface area contributed by atoms with E-state index in [2.05, 4.69) is 10.3 Å². The second-order valence-electron chi connectivity index (χ2n) is 8.37. The molecule has 2 aromatic heterocycles. The maximum absolute atomic E-state index is 13.6. The van der Waals surface area contributed by atoms with Crippen LogP contribution in [-0.4, -0.2) is 39.0 Å². The van der Waals surface area contributed by atoms with Crippen molar-refractivity contribution in [3.63, 3.8) is 0 Å². The van der Waals surface area contributed by atoms with Gasteiger partial charge in [-0.25, -0.2) is 0 Å². The van der Waals surface area contributed by atoms with Crippen LogP contribution in [0.2, 0.25) is 0 Å². The van der Waals surface area contributed by atoms with Gasteiger partial charge >= 0.3 is 0 Å². The minimum atomic E-state index is -0.168. The van der Waals surface area contributed by atoms with E-state index < -0.39 is 0 Å². The molecule has 1 aliphatic heterocycles. The van der Waals surface area contributed by atoms with E-state index in [4.69, 9.17) is 14.0 Å². The van der Waals surface area contributed by atoms with Crippen molar-refractivity contribution < 1.29 is 18.8 Å². The van der Waals surface area contributed by atoms with Crippen molar-refractivity contribution in [3.05, 3.63) is 82.9 Å². The smallest absolute Gasteiger partial charge is 0.274 e. The van der Waals surface area contributed by atoms with Crippen molar-refractivity contribution in [2.75, 3.05) is 13.2 Å². The van der Waals surface area contributed by atoms with E-state index in [0.29, 0.717) is 43.5 Å². The van der Waals surface area contributed by atoms with E-state index in [1.807, 2.05) is 69.4 Å². The maximum Gasteiger partial charge on any atom is 0.274 e. The van der Waals surface area contributed by atoms with Crippen LogP contribution in [-0.2, 0) is 20.1 Å². The first-order valence-corrected chi connectivity index (χ1v) is 11.2. The molecule has 8 nitrogen and oxygen atoms in total. The second-order valence-corrected chi connectivity index (χ2v) is 8.37. The van der Waals surface area contributed by atoms with Crippen molar-refractivity contribution in [2.45, 2.75) is 26.9 Å². The van der Waals surface area contributed by atoms with E-state index in [-0.39, 0.29) is 5.91 Å². The molecule has 5 rings (SSSR count). The Bertz CT molecular complexity index is 1310. The Balaban J connectivity index is 1.50. The quantitative estimate of drug-likeness (QED) is 0.428. The molecule has 174 valence electrons. The van der Waals surface area contributed by atoms with Gasteiger partial charge < -0.3 is 18.9 Å². The van der Waals surface area contributed by atoms with Crippen LogP contribution in [0.1, 0.15) is 33.1 Å². The molecule has 0 fully saturated rings. The fourth-order valence-electron chi connectivity index (χ4n) is 4.02. The Hall–Kier alpha value is -4.07. The first-order valence-electron chi connectivity index (χ1n) is 11.2. The monoisotopic (exact) mass is 458 g/mol. The molecule has 2 aromatic carbocycles. The third kappa shape index (κ3) is 4.26. The van der Waals surface area contributed by atoms with E-state index in [0.717, 1.165) is 33.8 Å². The molecule has 0 radical (unpaired) electrons. The van der Waals surface area contributed by atoms with Crippen molar-refractivity contribution in [1.29, 1.82) is 0 Å². The van der Waals surface area contributed by atoms with Gasteiger partial charge in [0.2, 0.25) is 0 Å². The first-order chi connectivity index (χ1) is 16.5. The van der Waals surface area contributed by atoms with Gasteiger partial charge in [0.05, 0.1) is 6.54 Å². The highest BCUT2D eigenvalue weighted by Gasteiger charge is 2.25. The lowest BCUT2D eigenvalue weighted by molar-refractivity contribution is 0.0722. The fraction of sp³-hybridized carbons (Fsp3) is 0.269. The van der Waals surface area contributed by atoms with Gasteiger partial charge in [0.1, 0.15) is 24.7 Å². The average molecular weight is 459 g/mol. The maximum atomic E-state index is 13.6. The minimum absolute atomic E-state index is 0.168. The highest BCUT2D eigenvalue weighted by molar-refractivity contribution is 5.92. The summed E-state index contributed by atoms with van der Waals surface area (Å²) in [6, 6.07) is 17.4. The Kier molecular flexibility index (Phi) is 5.79. The minimum Gasteiger partial charge on any atom is -0.486 e. The number of carbonyl (C=O) groups is 1. The number of hydrogen-bond acceptors (Lipinski definition) is 6. The Morgan fingerprint density at radius 3 is 2.50 bits per heavy atom. The number of benzene rings is 2. The van der Waals surface area contributed by atoms with Crippen molar-refractivity contribution in [2.24, 2.45) is 7.05 Å². The van der Waals surface area contributed by atoms with Gasteiger partial charge in [0.25, 0.3) is 5.91 Å². The van der Waals surface area contributed by atoms with Gasteiger partial charge in [-0.2, -0.15) is 5.10 Å². The molecular formula is C26H26N4O4. The van der Waals surface area contributed by atoms with E-state index in [9.17, 15) is 4.79 Å². The van der Waals surface area contributed by atoms with Crippen molar-refractivity contribution >= 4 is 5.91 Å². The number of rotatable bonds is 6. The fourth-order valence-corrected chi connectivity index (χ4v) is 4.02. The largest absolute Gasteiger partial charge is 0.486 e. The number of carbonyl (C=O) groups excluding carboxylic acids is 1. The van der Waals surface area contributed by atoms with Gasteiger partial charge in [0.15, 0.2) is 17.2 Å².